The average Bonchev–Trinajstić information content (AvgIpc) is 3.39. The minimum atomic E-state index is -1.07. The van der Waals surface area contributed by atoms with Crippen molar-refractivity contribution in [2.24, 2.45) is 0 Å². The maximum atomic E-state index is 5.89. The van der Waals surface area contributed by atoms with Crippen molar-refractivity contribution in [3.05, 3.63) is 35.5 Å². The minimum Gasteiger partial charge on any atom is -0.360 e. The van der Waals surface area contributed by atoms with Gasteiger partial charge < -0.3 is 14.2 Å². The number of fused-ring (bicyclic) bond motifs is 1. The molecule has 1 saturated heterocycles. The van der Waals surface area contributed by atoms with E-state index in [2.05, 4.69) is 73.6 Å². The first-order chi connectivity index (χ1) is 15.4. The van der Waals surface area contributed by atoms with Crippen LogP contribution in [0.15, 0.2) is 35.5 Å². The van der Waals surface area contributed by atoms with Gasteiger partial charge in [-0.1, -0.05) is 19.6 Å². The van der Waals surface area contributed by atoms with E-state index >= 15 is 0 Å². The van der Waals surface area contributed by atoms with Crippen molar-refractivity contribution in [2.45, 2.75) is 70.2 Å². The largest absolute Gasteiger partial charge is 0.360 e. The maximum absolute atomic E-state index is 5.89. The van der Waals surface area contributed by atoms with E-state index in [0.717, 1.165) is 22.8 Å². The summed E-state index contributed by atoms with van der Waals surface area (Å²) in [6, 6.07) is 4.71. The number of rotatable bonds is 8. The molecule has 3 aromatic rings. The molecule has 2 aliphatic rings. The molecule has 6 nitrogen and oxygen atoms in total. The number of ether oxygens (including phenoxy) is 1. The van der Waals surface area contributed by atoms with E-state index in [1.807, 2.05) is 17.1 Å². The van der Waals surface area contributed by atoms with Gasteiger partial charge in [0.15, 0.2) is 0 Å². The van der Waals surface area contributed by atoms with Crippen LogP contribution in [0, 0.1) is 0 Å². The van der Waals surface area contributed by atoms with Crippen molar-refractivity contribution in [1.29, 1.82) is 0 Å². The molecule has 0 amide bonds. The molecule has 5 rings (SSSR count). The maximum Gasteiger partial charge on any atom is 0.139 e. The second-order valence-electron chi connectivity index (χ2n) is 10.6. The number of hydrogen-bond acceptors (Lipinski definition) is 4. The van der Waals surface area contributed by atoms with E-state index < -0.39 is 8.07 Å². The van der Waals surface area contributed by atoms with Gasteiger partial charge in [-0.15, -0.1) is 0 Å². The number of hydrogen-bond donors (Lipinski definition) is 0. The molecule has 0 aromatic carbocycles. The highest BCUT2D eigenvalue weighted by molar-refractivity contribution is 9.10. The summed E-state index contributed by atoms with van der Waals surface area (Å²) < 4.78 is 11.1. The van der Waals surface area contributed by atoms with Crippen molar-refractivity contribution < 1.29 is 4.74 Å². The Hall–Kier alpha value is -1.48. The fraction of sp³-hybridized carbons (Fsp3) is 0.583. The van der Waals surface area contributed by atoms with E-state index in [1.54, 1.807) is 0 Å². The lowest BCUT2D eigenvalue weighted by Crippen LogP contribution is -2.35. The van der Waals surface area contributed by atoms with Gasteiger partial charge in [0.05, 0.1) is 17.9 Å². The number of aromatic nitrogens is 4. The molecular weight excluding hydrogens is 482 g/mol. The van der Waals surface area contributed by atoms with Crippen LogP contribution >= 0.6 is 15.9 Å². The fourth-order valence-corrected chi connectivity index (χ4v) is 5.82. The van der Waals surface area contributed by atoms with E-state index in [1.165, 1.54) is 61.3 Å². The Morgan fingerprint density at radius 2 is 1.84 bits per heavy atom. The Balaban J connectivity index is 1.35. The van der Waals surface area contributed by atoms with E-state index in [0.29, 0.717) is 12.8 Å². The van der Waals surface area contributed by atoms with Crippen molar-refractivity contribution in [3.63, 3.8) is 0 Å². The molecule has 8 heteroatoms. The Morgan fingerprint density at radius 3 is 2.56 bits per heavy atom. The van der Waals surface area contributed by atoms with Crippen LogP contribution in [0.1, 0.15) is 31.7 Å². The highest BCUT2D eigenvalue weighted by Crippen LogP contribution is 2.37. The van der Waals surface area contributed by atoms with Gasteiger partial charge in [-0.25, -0.2) is 9.67 Å². The molecule has 0 radical (unpaired) electrons. The molecule has 1 aliphatic heterocycles. The lowest BCUT2D eigenvalue weighted by molar-refractivity contribution is 0.0786. The van der Waals surface area contributed by atoms with Gasteiger partial charge in [0.2, 0.25) is 0 Å². The second-order valence-corrected chi connectivity index (χ2v) is 17.0. The minimum absolute atomic E-state index is 0.508. The Kier molecular flexibility index (Phi) is 6.31. The third-order valence-corrected chi connectivity index (χ3v) is 8.94. The van der Waals surface area contributed by atoms with Crippen LogP contribution < -0.4 is 0 Å². The molecule has 0 unspecified atom stereocenters. The molecule has 1 aliphatic carbocycles. The molecule has 0 N–H and O–H groups in total. The summed E-state index contributed by atoms with van der Waals surface area (Å²) in [5.74, 6) is 0. The lowest BCUT2D eigenvalue weighted by atomic mass is 10.0. The predicted molar refractivity (Wildman–Crippen MR) is 136 cm³/mol. The van der Waals surface area contributed by atoms with Gasteiger partial charge in [-0.05, 0) is 53.7 Å². The Labute approximate surface area is 200 Å². The summed E-state index contributed by atoms with van der Waals surface area (Å²) in [6.45, 7) is 10.9. The zero-order valence-electron chi connectivity index (χ0n) is 19.4. The van der Waals surface area contributed by atoms with E-state index in [-0.39, 0.29) is 0 Å². The predicted octanol–water partition coefficient (Wildman–Crippen LogP) is 5.77. The van der Waals surface area contributed by atoms with Gasteiger partial charge >= 0.3 is 0 Å². The monoisotopic (exact) mass is 515 g/mol. The molecule has 1 saturated carbocycles. The summed E-state index contributed by atoms with van der Waals surface area (Å²) in [6.07, 6.45) is 13.6. The summed E-state index contributed by atoms with van der Waals surface area (Å²) in [4.78, 5) is 7.23. The summed E-state index contributed by atoms with van der Waals surface area (Å²) in [5.41, 5.74) is 3.57. The van der Waals surface area contributed by atoms with Crippen LogP contribution in [-0.4, -0.2) is 58.0 Å². The van der Waals surface area contributed by atoms with Crippen LogP contribution in [0.2, 0.25) is 25.7 Å². The van der Waals surface area contributed by atoms with Gasteiger partial charge in [0, 0.05) is 68.8 Å². The van der Waals surface area contributed by atoms with Crippen LogP contribution in [0.4, 0.5) is 0 Å². The van der Waals surface area contributed by atoms with Crippen molar-refractivity contribution >= 4 is 34.9 Å². The first kappa shape index (κ1) is 22.3. The molecule has 32 heavy (non-hydrogen) atoms. The van der Waals surface area contributed by atoms with Crippen molar-refractivity contribution in [2.75, 3.05) is 19.7 Å². The van der Waals surface area contributed by atoms with Crippen LogP contribution in [0.3, 0.4) is 0 Å². The average molecular weight is 517 g/mol. The molecule has 0 spiro atoms. The summed E-state index contributed by atoms with van der Waals surface area (Å²) >= 11 is 3.57. The quantitative estimate of drug-likeness (QED) is 0.217. The topological polar surface area (TPSA) is 48.1 Å². The van der Waals surface area contributed by atoms with Crippen molar-refractivity contribution in [3.8, 4) is 11.1 Å². The molecule has 4 heterocycles. The number of pyridine rings is 1. The number of halogens is 1. The number of nitrogens with zero attached hydrogens (tertiary/aromatic N) is 5. The highest BCUT2D eigenvalue weighted by atomic mass is 79.9. The second kappa shape index (κ2) is 9.04. The highest BCUT2D eigenvalue weighted by Gasteiger charge is 2.32. The zero-order chi connectivity index (χ0) is 22.3. The Morgan fingerprint density at radius 1 is 1.06 bits per heavy atom. The smallest absolute Gasteiger partial charge is 0.139 e. The first-order valence-electron chi connectivity index (χ1n) is 11.9. The number of piperidine rings is 1. The van der Waals surface area contributed by atoms with E-state index in [9.17, 15) is 0 Å². The van der Waals surface area contributed by atoms with E-state index in [4.69, 9.17) is 4.74 Å². The molecule has 0 bridgehead atoms. The Bertz CT molecular complexity index is 1080. The lowest BCUT2D eigenvalue weighted by Gasteiger charge is -2.33. The molecule has 3 aromatic heterocycles. The molecule has 172 valence electrons. The van der Waals surface area contributed by atoms with Crippen molar-refractivity contribution in [1.82, 2.24) is 24.2 Å². The summed E-state index contributed by atoms with van der Waals surface area (Å²) in [7, 11) is -1.07. The van der Waals surface area contributed by atoms with Gasteiger partial charge in [0.25, 0.3) is 0 Å². The molecular formula is C24H34BrN5OSi. The first-order valence-corrected chi connectivity index (χ1v) is 16.4. The van der Waals surface area contributed by atoms with Gasteiger partial charge in [-0.2, -0.15) is 5.10 Å². The number of likely N-dealkylation sites (tertiary alicyclic amines) is 1. The van der Waals surface area contributed by atoms with Crippen LogP contribution in [0.5, 0.6) is 0 Å². The third kappa shape index (κ3) is 5.03. The third-order valence-electron chi connectivity index (χ3n) is 6.81. The SMILES string of the molecule is C[Si](C)(C)CCOCn1cc(-c2cn(C3CCN(C4CC4)CC3)c3cnc(Br)cc23)cn1. The van der Waals surface area contributed by atoms with Crippen LogP contribution in [-0.2, 0) is 11.5 Å². The van der Waals surface area contributed by atoms with Crippen LogP contribution in [0.25, 0.3) is 22.0 Å². The fourth-order valence-electron chi connectivity index (χ4n) is 4.73. The van der Waals surface area contributed by atoms with Gasteiger partial charge in [0.1, 0.15) is 11.3 Å². The molecule has 0 atom stereocenters. The zero-order valence-corrected chi connectivity index (χ0v) is 22.0. The summed E-state index contributed by atoms with van der Waals surface area (Å²) in [5, 5.41) is 5.81. The van der Waals surface area contributed by atoms with Gasteiger partial charge in [-0.3, -0.25) is 0 Å². The normalized spacial score (nSPS) is 18.6. The molecule has 2 fully saturated rings. The standard InChI is InChI=1S/C24H34BrN5OSi/c1-32(2,3)11-10-31-17-29-15-18(13-27-29)22-16-30(23-14-26-24(25)12-21(22)23)20-6-8-28(9-7-20)19-4-5-19/h12-16,19-20H,4-11,17H2,1-3H3.